The van der Waals surface area contributed by atoms with Crippen molar-refractivity contribution in [3.05, 3.63) is 24.3 Å². The standard InChI is InChI=1S/C17H23F3N2O5S/c1-12-11-22(15(23)24,16(2,3)4)10-9-21(12)28(25,26)14-7-5-13(6-8-14)27-17(18,19)20/h5-8,12H,9-11H2,1-4H3/p+1/t12-,22?/m1/s1. The Morgan fingerprint density at radius 3 is 2.14 bits per heavy atom. The normalized spacial score (nSPS) is 24.8. The Morgan fingerprint density at radius 1 is 1.21 bits per heavy atom. The van der Waals surface area contributed by atoms with E-state index in [4.69, 9.17) is 0 Å². The molecule has 0 radical (unpaired) electrons. The lowest BCUT2D eigenvalue weighted by atomic mass is 9.98. The van der Waals surface area contributed by atoms with Crippen LogP contribution in [0.5, 0.6) is 5.75 Å². The monoisotopic (exact) mass is 425 g/mol. The van der Waals surface area contributed by atoms with Crippen LogP contribution in [-0.4, -0.2) is 66.0 Å². The number of benzene rings is 1. The van der Waals surface area contributed by atoms with E-state index in [1.807, 2.05) is 0 Å². The molecule has 1 aromatic rings. The zero-order valence-corrected chi connectivity index (χ0v) is 16.8. The van der Waals surface area contributed by atoms with Gasteiger partial charge in [-0.15, -0.1) is 13.2 Å². The summed E-state index contributed by atoms with van der Waals surface area (Å²) in [6, 6.07) is 3.34. The van der Waals surface area contributed by atoms with Gasteiger partial charge in [0.15, 0.2) is 0 Å². The van der Waals surface area contributed by atoms with Crippen molar-refractivity contribution in [1.82, 2.24) is 4.31 Å². The highest BCUT2D eigenvalue weighted by Gasteiger charge is 2.53. The molecule has 1 saturated heterocycles. The first-order valence-corrected chi connectivity index (χ1v) is 10.0. The zero-order valence-electron chi connectivity index (χ0n) is 16.0. The fourth-order valence-corrected chi connectivity index (χ4v) is 5.11. The number of nitrogens with zero attached hydrogens (tertiary/aromatic N) is 2. The van der Waals surface area contributed by atoms with Crippen molar-refractivity contribution >= 4 is 16.1 Å². The van der Waals surface area contributed by atoms with Gasteiger partial charge >= 0.3 is 12.5 Å². The van der Waals surface area contributed by atoms with Crippen molar-refractivity contribution in [2.75, 3.05) is 19.6 Å². The van der Waals surface area contributed by atoms with E-state index in [-0.39, 0.29) is 29.0 Å². The Kier molecular flexibility index (Phi) is 5.77. The molecule has 158 valence electrons. The van der Waals surface area contributed by atoms with Gasteiger partial charge in [0, 0.05) is 0 Å². The molecule has 11 heteroatoms. The van der Waals surface area contributed by atoms with Crippen molar-refractivity contribution in [3.63, 3.8) is 0 Å². The predicted octanol–water partition coefficient (Wildman–Crippen LogP) is 3.27. The first-order valence-electron chi connectivity index (χ1n) is 8.58. The second-order valence-electron chi connectivity index (χ2n) is 7.81. The van der Waals surface area contributed by atoms with E-state index in [9.17, 15) is 31.5 Å². The Bertz CT molecular complexity index is 834. The van der Waals surface area contributed by atoms with Crippen LogP contribution in [0.4, 0.5) is 18.0 Å². The van der Waals surface area contributed by atoms with Crippen molar-refractivity contribution in [2.24, 2.45) is 0 Å². The molecule has 0 bridgehead atoms. The van der Waals surface area contributed by atoms with Crippen LogP contribution < -0.4 is 4.74 Å². The molecule has 7 nitrogen and oxygen atoms in total. The Balaban J connectivity index is 2.27. The van der Waals surface area contributed by atoms with Gasteiger partial charge in [-0.2, -0.15) is 9.10 Å². The number of rotatable bonds is 3. The topological polar surface area (TPSA) is 83.9 Å². The smallest absolute Gasteiger partial charge is 0.435 e. The summed E-state index contributed by atoms with van der Waals surface area (Å²) >= 11 is 0. The van der Waals surface area contributed by atoms with Crippen LogP contribution in [0, 0.1) is 0 Å². The van der Waals surface area contributed by atoms with Crippen molar-refractivity contribution in [2.45, 2.75) is 50.5 Å². The summed E-state index contributed by atoms with van der Waals surface area (Å²) in [6.45, 7) is 7.13. The average molecular weight is 425 g/mol. The van der Waals surface area contributed by atoms with Gasteiger partial charge in [0.05, 0.1) is 17.5 Å². The molecule has 0 saturated carbocycles. The fourth-order valence-electron chi connectivity index (χ4n) is 3.50. The second kappa shape index (κ2) is 7.20. The highest BCUT2D eigenvalue weighted by molar-refractivity contribution is 7.89. The molecule has 1 fully saturated rings. The maximum atomic E-state index is 12.9. The van der Waals surface area contributed by atoms with Crippen molar-refractivity contribution in [3.8, 4) is 5.75 Å². The molecule has 2 rings (SSSR count). The third-order valence-corrected chi connectivity index (χ3v) is 7.11. The average Bonchev–Trinajstić information content (AvgIpc) is 2.52. The fraction of sp³-hybridized carbons (Fsp3) is 0.588. The molecule has 1 heterocycles. The maximum Gasteiger partial charge on any atom is 0.573 e. The molecule has 2 atom stereocenters. The first kappa shape index (κ1) is 22.4. The van der Waals surface area contributed by atoms with E-state index in [1.54, 1.807) is 27.7 Å². The quantitative estimate of drug-likeness (QED) is 0.752. The molecular formula is C17H24F3N2O5S+. The van der Waals surface area contributed by atoms with Crippen LogP contribution >= 0.6 is 0 Å². The third kappa shape index (κ3) is 4.26. The second-order valence-corrected chi connectivity index (χ2v) is 9.70. The Hall–Kier alpha value is -1.85. The van der Waals surface area contributed by atoms with Crippen LogP contribution in [0.15, 0.2) is 29.2 Å². The number of carbonyl (C=O) groups is 1. The number of alkyl halides is 3. The molecule has 1 amide bonds. The van der Waals surface area contributed by atoms with Crippen LogP contribution in [0.1, 0.15) is 27.7 Å². The van der Waals surface area contributed by atoms with Gasteiger partial charge in [0.2, 0.25) is 10.0 Å². The zero-order chi connectivity index (χ0) is 21.5. The summed E-state index contributed by atoms with van der Waals surface area (Å²) in [5.41, 5.74) is -0.632. The largest absolute Gasteiger partial charge is 0.573 e. The van der Waals surface area contributed by atoms with Gasteiger partial charge in [0.1, 0.15) is 24.4 Å². The number of hydrogen-bond acceptors (Lipinski definition) is 4. The Labute approximate surface area is 161 Å². The lowest BCUT2D eigenvalue weighted by molar-refractivity contribution is -0.909. The minimum absolute atomic E-state index is 0.0200. The number of hydrogen-bond donors (Lipinski definition) is 1. The molecule has 1 unspecified atom stereocenters. The summed E-state index contributed by atoms with van der Waals surface area (Å²) in [5, 5.41) is 9.77. The van der Waals surface area contributed by atoms with Crippen LogP contribution in [-0.2, 0) is 10.0 Å². The van der Waals surface area contributed by atoms with E-state index in [0.29, 0.717) is 0 Å². The number of carboxylic acid groups (broad SMARTS) is 1. The molecule has 28 heavy (non-hydrogen) atoms. The summed E-state index contributed by atoms with van der Waals surface area (Å²) in [5.74, 6) is -0.521. The van der Waals surface area contributed by atoms with Gasteiger partial charge < -0.3 is 9.84 Å². The highest BCUT2D eigenvalue weighted by Crippen LogP contribution is 2.33. The van der Waals surface area contributed by atoms with E-state index >= 15 is 0 Å². The van der Waals surface area contributed by atoms with Crippen LogP contribution in [0.3, 0.4) is 0 Å². The summed E-state index contributed by atoms with van der Waals surface area (Å²) in [7, 11) is -4.00. The number of quaternary nitrogens is 1. The van der Waals surface area contributed by atoms with Gasteiger partial charge in [-0.1, -0.05) is 0 Å². The van der Waals surface area contributed by atoms with E-state index < -0.39 is 39.8 Å². The molecule has 1 N–H and O–H groups in total. The number of ether oxygens (including phenoxy) is 1. The molecular weight excluding hydrogens is 401 g/mol. The number of piperazine rings is 1. The SMILES string of the molecule is C[C@@H]1C[N+](C(=O)O)(C(C)(C)C)CCN1S(=O)(=O)c1ccc(OC(F)(F)F)cc1. The Morgan fingerprint density at radius 2 is 1.75 bits per heavy atom. The maximum absolute atomic E-state index is 12.9. The van der Waals surface area contributed by atoms with Gasteiger partial charge in [0.25, 0.3) is 0 Å². The van der Waals surface area contributed by atoms with Crippen LogP contribution in [0.25, 0.3) is 0 Å². The molecule has 1 aliphatic rings. The van der Waals surface area contributed by atoms with Gasteiger partial charge in [-0.05, 0) is 52.0 Å². The van der Waals surface area contributed by atoms with E-state index in [0.717, 1.165) is 24.3 Å². The van der Waals surface area contributed by atoms with Crippen molar-refractivity contribution < 1.29 is 40.7 Å². The van der Waals surface area contributed by atoms with E-state index in [2.05, 4.69) is 4.74 Å². The highest BCUT2D eigenvalue weighted by atomic mass is 32.2. The lowest BCUT2D eigenvalue weighted by Gasteiger charge is -2.50. The van der Waals surface area contributed by atoms with Gasteiger partial charge in [-0.3, -0.25) is 0 Å². The number of halogens is 3. The minimum Gasteiger partial charge on any atom is -0.435 e. The summed E-state index contributed by atoms with van der Waals surface area (Å²) < 4.78 is 67.3. The lowest BCUT2D eigenvalue weighted by Crippen LogP contribution is -2.72. The number of sulfonamides is 1. The molecule has 1 aliphatic heterocycles. The predicted molar refractivity (Wildman–Crippen MR) is 94.3 cm³/mol. The minimum atomic E-state index is -4.87. The van der Waals surface area contributed by atoms with Crippen molar-refractivity contribution in [1.29, 1.82) is 0 Å². The molecule has 1 aromatic carbocycles. The molecule has 0 aromatic heterocycles. The first-order chi connectivity index (χ1) is 12.6. The molecule has 0 spiro atoms. The molecule has 0 aliphatic carbocycles. The number of amides is 1. The van der Waals surface area contributed by atoms with Gasteiger partial charge in [-0.25, -0.2) is 12.9 Å². The summed E-state index contributed by atoms with van der Waals surface area (Å²) in [4.78, 5) is 11.8. The van der Waals surface area contributed by atoms with Crippen LogP contribution in [0.2, 0.25) is 0 Å². The third-order valence-electron chi connectivity index (χ3n) is 5.08. The van der Waals surface area contributed by atoms with E-state index in [1.165, 1.54) is 4.31 Å². The summed E-state index contributed by atoms with van der Waals surface area (Å²) in [6.07, 6.45) is -5.89.